The molecule has 0 aromatic heterocycles. The first-order valence-electron chi connectivity index (χ1n) is 6.22. The molecule has 0 radical (unpaired) electrons. The van der Waals surface area contributed by atoms with Gasteiger partial charge in [0.25, 0.3) is 5.91 Å². The Labute approximate surface area is 117 Å². The number of para-hydroxylation sites is 1. The molecule has 0 heterocycles. The van der Waals surface area contributed by atoms with Crippen molar-refractivity contribution < 1.29 is 19.8 Å². The van der Waals surface area contributed by atoms with Crippen LogP contribution in [0.2, 0.25) is 0 Å². The molecule has 0 aliphatic rings. The summed E-state index contributed by atoms with van der Waals surface area (Å²) < 4.78 is 5.41. The maximum atomic E-state index is 11.9. The largest absolute Gasteiger partial charge is 0.483 e. The molecule has 1 aromatic carbocycles. The van der Waals surface area contributed by atoms with Crippen molar-refractivity contribution in [3.8, 4) is 5.75 Å². The lowest BCUT2D eigenvalue weighted by molar-refractivity contribution is -0.133. The van der Waals surface area contributed by atoms with E-state index in [-0.39, 0.29) is 31.5 Å². The summed E-state index contributed by atoms with van der Waals surface area (Å²) in [5, 5.41) is 20.5. The number of likely N-dealkylation sites (N-methyl/N-ethyl adjacent to an activating group) is 1. The third kappa shape index (κ3) is 4.13. The van der Waals surface area contributed by atoms with Crippen molar-refractivity contribution in [3.05, 3.63) is 29.8 Å². The van der Waals surface area contributed by atoms with Crippen LogP contribution >= 0.6 is 0 Å². The zero-order valence-electron chi connectivity index (χ0n) is 11.3. The Morgan fingerprint density at radius 1 is 1.45 bits per heavy atom. The molecule has 0 saturated heterocycles. The van der Waals surface area contributed by atoms with Crippen molar-refractivity contribution in [1.82, 2.24) is 4.90 Å². The number of aliphatic hydroxyl groups excluding tert-OH is 1. The Kier molecular flexibility index (Phi) is 6.31. The molecular formula is C13H19N3O4. The molecule has 0 saturated carbocycles. The third-order valence-corrected chi connectivity index (χ3v) is 2.73. The van der Waals surface area contributed by atoms with E-state index in [1.165, 1.54) is 4.90 Å². The highest BCUT2D eigenvalue weighted by atomic mass is 16.5. The molecule has 0 fully saturated rings. The van der Waals surface area contributed by atoms with E-state index >= 15 is 0 Å². The first-order valence-corrected chi connectivity index (χ1v) is 6.22. The summed E-state index contributed by atoms with van der Waals surface area (Å²) in [5.74, 6) is 0.0304. The van der Waals surface area contributed by atoms with Crippen LogP contribution in [0.15, 0.2) is 29.4 Å². The maximum Gasteiger partial charge on any atom is 0.260 e. The van der Waals surface area contributed by atoms with Crippen LogP contribution in [-0.2, 0) is 4.79 Å². The molecule has 1 amide bonds. The highest BCUT2D eigenvalue weighted by molar-refractivity contribution is 5.99. The molecule has 0 aliphatic carbocycles. The van der Waals surface area contributed by atoms with Gasteiger partial charge in [0.05, 0.1) is 12.2 Å². The predicted molar refractivity (Wildman–Crippen MR) is 73.8 cm³/mol. The minimum atomic E-state index is -0.240. The van der Waals surface area contributed by atoms with Crippen molar-refractivity contribution in [2.45, 2.75) is 6.92 Å². The number of amidine groups is 1. The number of hydrogen-bond donors (Lipinski definition) is 3. The molecule has 7 heteroatoms. The van der Waals surface area contributed by atoms with Gasteiger partial charge in [-0.2, -0.15) is 0 Å². The Morgan fingerprint density at radius 3 is 2.75 bits per heavy atom. The van der Waals surface area contributed by atoms with E-state index in [1.807, 2.05) is 6.92 Å². The number of oxime groups is 1. The summed E-state index contributed by atoms with van der Waals surface area (Å²) in [6.45, 7) is 2.30. The minimum absolute atomic E-state index is 0.0873. The second-order valence-corrected chi connectivity index (χ2v) is 3.97. The number of carbonyl (C=O) groups excluding carboxylic acids is 1. The number of nitrogens with zero attached hydrogens (tertiary/aromatic N) is 2. The summed E-state index contributed by atoms with van der Waals surface area (Å²) in [6, 6.07) is 6.69. The Morgan fingerprint density at radius 2 is 2.15 bits per heavy atom. The van der Waals surface area contributed by atoms with E-state index < -0.39 is 0 Å². The molecule has 0 unspecified atom stereocenters. The van der Waals surface area contributed by atoms with Gasteiger partial charge >= 0.3 is 0 Å². The SMILES string of the molecule is CCN(CCO)C(=O)COc1ccccc1/C(N)=N/O. The van der Waals surface area contributed by atoms with Crippen LogP contribution in [0.4, 0.5) is 0 Å². The summed E-state index contributed by atoms with van der Waals surface area (Å²) in [5.41, 5.74) is 5.94. The standard InChI is InChI=1S/C13H19N3O4/c1-2-16(7-8-17)12(18)9-20-11-6-4-3-5-10(11)13(14)15-19/h3-6,17,19H,2,7-9H2,1H3,(H2,14,15). The molecular weight excluding hydrogens is 262 g/mol. The van der Waals surface area contributed by atoms with Crippen molar-refractivity contribution in [1.29, 1.82) is 0 Å². The molecule has 7 nitrogen and oxygen atoms in total. The van der Waals surface area contributed by atoms with Gasteiger partial charge in [-0.25, -0.2) is 0 Å². The third-order valence-electron chi connectivity index (χ3n) is 2.73. The zero-order chi connectivity index (χ0) is 15.0. The first kappa shape index (κ1) is 15.8. The highest BCUT2D eigenvalue weighted by Gasteiger charge is 2.13. The van der Waals surface area contributed by atoms with Crippen LogP contribution in [0.5, 0.6) is 5.75 Å². The summed E-state index contributed by atoms with van der Waals surface area (Å²) >= 11 is 0. The average Bonchev–Trinajstić information content (AvgIpc) is 2.49. The average molecular weight is 281 g/mol. The van der Waals surface area contributed by atoms with Gasteiger partial charge in [0.15, 0.2) is 12.4 Å². The quantitative estimate of drug-likeness (QED) is 0.282. The normalized spacial score (nSPS) is 11.2. The number of benzene rings is 1. The van der Waals surface area contributed by atoms with Gasteiger partial charge in [-0.3, -0.25) is 4.79 Å². The first-order chi connectivity index (χ1) is 9.63. The molecule has 0 atom stereocenters. The van der Waals surface area contributed by atoms with E-state index in [1.54, 1.807) is 24.3 Å². The smallest absolute Gasteiger partial charge is 0.260 e. The highest BCUT2D eigenvalue weighted by Crippen LogP contribution is 2.17. The molecule has 0 aliphatic heterocycles. The van der Waals surface area contributed by atoms with Gasteiger partial charge in [-0.15, -0.1) is 0 Å². The van der Waals surface area contributed by atoms with Crippen molar-refractivity contribution in [2.75, 3.05) is 26.3 Å². The van der Waals surface area contributed by atoms with Crippen LogP contribution in [-0.4, -0.2) is 53.3 Å². The van der Waals surface area contributed by atoms with Crippen LogP contribution in [0.25, 0.3) is 0 Å². The summed E-state index contributed by atoms with van der Waals surface area (Å²) in [7, 11) is 0. The lowest BCUT2D eigenvalue weighted by atomic mass is 10.2. The molecule has 20 heavy (non-hydrogen) atoms. The van der Waals surface area contributed by atoms with Gasteiger partial charge in [0, 0.05) is 13.1 Å². The lowest BCUT2D eigenvalue weighted by Crippen LogP contribution is -2.36. The molecule has 0 bridgehead atoms. The van der Waals surface area contributed by atoms with E-state index in [2.05, 4.69) is 5.16 Å². The molecule has 0 spiro atoms. The number of nitrogens with two attached hydrogens (primary N) is 1. The number of aliphatic hydroxyl groups is 1. The number of ether oxygens (including phenoxy) is 1. The molecule has 1 rings (SSSR count). The molecule has 1 aromatic rings. The van der Waals surface area contributed by atoms with E-state index in [0.29, 0.717) is 17.9 Å². The van der Waals surface area contributed by atoms with Crippen LogP contribution < -0.4 is 10.5 Å². The van der Waals surface area contributed by atoms with Gasteiger partial charge in [0.2, 0.25) is 0 Å². The second kappa shape index (κ2) is 8.00. The monoisotopic (exact) mass is 281 g/mol. The predicted octanol–water partition coefficient (Wildman–Crippen LogP) is 0.000700. The number of hydrogen-bond acceptors (Lipinski definition) is 5. The van der Waals surface area contributed by atoms with Crippen LogP contribution in [0, 0.1) is 0 Å². The van der Waals surface area contributed by atoms with Gasteiger partial charge in [-0.05, 0) is 19.1 Å². The minimum Gasteiger partial charge on any atom is -0.483 e. The number of carbonyl (C=O) groups is 1. The van der Waals surface area contributed by atoms with Gasteiger partial charge in [0.1, 0.15) is 5.75 Å². The number of amides is 1. The Hall–Kier alpha value is -2.28. The summed E-state index contributed by atoms with van der Waals surface area (Å²) in [6.07, 6.45) is 0. The topological polar surface area (TPSA) is 108 Å². The lowest BCUT2D eigenvalue weighted by Gasteiger charge is -2.20. The maximum absolute atomic E-state index is 11.9. The van der Waals surface area contributed by atoms with Crippen LogP contribution in [0.3, 0.4) is 0 Å². The fraction of sp³-hybridized carbons (Fsp3) is 0.385. The molecule has 110 valence electrons. The van der Waals surface area contributed by atoms with Crippen molar-refractivity contribution >= 4 is 11.7 Å². The van der Waals surface area contributed by atoms with Gasteiger partial charge in [-0.1, -0.05) is 17.3 Å². The van der Waals surface area contributed by atoms with E-state index in [9.17, 15) is 4.79 Å². The van der Waals surface area contributed by atoms with Crippen LogP contribution in [0.1, 0.15) is 12.5 Å². The fourth-order valence-corrected chi connectivity index (χ4v) is 1.67. The Balaban J connectivity index is 2.73. The molecule has 4 N–H and O–H groups in total. The van der Waals surface area contributed by atoms with E-state index in [4.69, 9.17) is 20.8 Å². The fourth-order valence-electron chi connectivity index (χ4n) is 1.67. The Bertz CT molecular complexity index is 476. The zero-order valence-corrected chi connectivity index (χ0v) is 11.3. The summed E-state index contributed by atoms with van der Waals surface area (Å²) in [4.78, 5) is 13.3. The van der Waals surface area contributed by atoms with E-state index in [0.717, 1.165) is 0 Å². The van der Waals surface area contributed by atoms with Gasteiger partial charge < -0.3 is 25.7 Å². The number of rotatable bonds is 7. The second-order valence-electron chi connectivity index (χ2n) is 3.97. The van der Waals surface area contributed by atoms with Crippen molar-refractivity contribution in [3.63, 3.8) is 0 Å². The van der Waals surface area contributed by atoms with Crippen molar-refractivity contribution in [2.24, 2.45) is 10.9 Å².